The summed E-state index contributed by atoms with van der Waals surface area (Å²) in [6.07, 6.45) is 4.96. The van der Waals surface area contributed by atoms with Crippen LogP contribution in [0.4, 0.5) is 23.0 Å². The molecular weight excluding hydrogens is 486 g/mol. The number of nitrogens with one attached hydrogen (secondary N) is 1. The molecule has 1 fully saturated rings. The van der Waals surface area contributed by atoms with Gasteiger partial charge in [0.15, 0.2) is 0 Å². The first-order valence-corrected chi connectivity index (χ1v) is 14.2. The summed E-state index contributed by atoms with van der Waals surface area (Å²) in [6, 6.07) is 18.3. The molecule has 1 saturated heterocycles. The van der Waals surface area contributed by atoms with Crippen LogP contribution in [-0.2, 0) is 16.6 Å². The van der Waals surface area contributed by atoms with Crippen molar-refractivity contribution in [2.45, 2.75) is 19.5 Å². The standard InChI is InChI=1S/C27H33N7O2S/c1-20-18-31(2)15-16-34(20)24-11-9-23(10-12-24)29-27-28-17-21-13-14-33(26(21)30-27)19-22-7-5-6-8-25(22)32(3)37(4,35)36/h5-14,17,20H,15-16,18-19H2,1-4H3,(H,28,29,30). The first-order chi connectivity index (χ1) is 17.7. The van der Waals surface area contributed by atoms with E-state index >= 15 is 0 Å². The third-order valence-electron chi connectivity index (χ3n) is 6.96. The Balaban J connectivity index is 1.36. The molecule has 194 valence electrons. The number of likely N-dealkylation sites (N-methyl/N-ethyl adjacent to an activating group) is 1. The van der Waals surface area contributed by atoms with Gasteiger partial charge in [-0.3, -0.25) is 4.31 Å². The van der Waals surface area contributed by atoms with E-state index in [9.17, 15) is 8.42 Å². The lowest BCUT2D eigenvalue weighted by atomic mass is 10.1. The predicted molar refractivity (Wildman–Crippen MR) is 150 cm³/mol. The van der Waals surface area contributed by atoms with Crippen molar-refractivity contribution >= 4 is 44.1 Å². The van der Waals surface area contributed by atoms with Crippen LogP contribution in [0.25, 0.3) is 11.0 Å². The predicted octanol–water partition coefficient (Wildman–Crippen LogP) is 3.76. The molecule has 1 aliphatic heterocycles. The van der Waals surface area contributed by atoms with Crippen LogP contribution >= 0.6 is 0 Å². The van der Waals surface area contributed by atoms with E-state index in [2.05, 4.69) is 58.3 Å². The molecule has 10 heteroatoms. The van der Waals surface area contributed by atoms with Gasteiger partial charge in [-0.2, -0.15) is 4.98 Å². The topological polar surface area (TPSA) is 86.6 Å². The SMILES string of the molecule is CC1CN(C)CCN1c1ccc(Nc2ncc3ccn(Cc4ccccc4N(C)S(C)(=O)=O)c3n2)cc1. The minimum Gasteiger partial charge on any atom is -0.366 e. The summed E-state index contributed by atoms with van der Waals surface area (Å²) in [5.41, 5.74) is 4.44. The minimum atomic E-state index is -3.37. The third kappa shape index (κ3) is 5.40. The Morgan fingerprint density at radius 1 is 1.08 bits per heavy atom. The zero-order valence-electron chi connectivity index (χ0n) is 21.7. The van der Waals surface area contributed by atoms with Crippen LogP contribution in [-0.4, -0.2) is 73.9 Å². The summed E-state index contributed by atoms with van der Waals surface area (Å²) >= 11 is 0. The van der Waals surface area contributed by atoms with E-state index in [-0.39, 0.29) is 0 Å². The van der Waals surface area contributed by atoms with Gasteiger partial charge in [0.25, 0.3) is 0 Å². The summed E-state index contributed by atoms with van der Waals surface area (Å²) in [4.78, 5) is 14.1. The second-order valence-electron chi connectivity index (χ2n) is 9.75. The van der Waals surface area contributed by atoms with Gasteiger partial charge in [-0.25, -0.2) is 13.4 Å². The Morgan fingerprint density at radius 2 is 1.84 bits per heavy atom. The van der Waals surface area contributed by atoms with Crippen LogP contribution in [0.15, 0.2) is 67.0 Å². The Kier molecular flexibility index (Phi) is 6.78. The zero-order valence-corrected chi connectivity index (χ0v) is 22.5. The highest BCUT2D eigenvalue weighted by atomic mass is 32.2. The van der Waals surface area contributed by atoms with Crippen LogP contribution in [0.5, 0.6) is 0 Å². The van der Waals surface area contributed by atoms with E-state index in [1.54, 1.807) is 13.2 Å². The smallest absolute Gasteiger partial charge is 0.232 e. The lowest BCUT2D eigenvalue weighted by Crippen LogP contribution is -2.50. The Labute approximate surface area is 218 Å². The fraction of sp³-hybridized carbons (Fsp3) is 0.333. The maximum absolute atomic E-state index is 12.1. The van der Waals surface area contributed by atoms with Crippen LogP contribution < -0.4 is 14.5 Å². The molecule has 0 spiro atoms. The summed E-state index contributed by atoms with van der Waals surface area (Å²) in [6.45, 7) is 5.88. The Morgan fingerprint density at radius 3 is 2.57 bits per heavy atom. The monoisotopic (exact) mass is 519 g/mol. The number of hydrogen-bond acceptors (Lipinski definition) is 7. The van der Waals surface area contributed by atoms with Gasteiger partial charge in [0.1, 0.15) is 5.65 Å². The number of hydrogen-bond donors (Lipinski definition) is 1. The molecule has 0 amide bonds. The highest BCUT2D eigenvalue weighted by Crippen LogP contribution is 2.26. The van der Waals surface area contributed by atoms with Gasteiger partial charge in [-0.15, -0.1) is 0 Å². The molecule has 5 rings (SSSR count). The molecule has 0 saturated carbocycles. The number of sulfonamides is 1. The molecule has 37 heavy (non-hydrogen) atoms. The second-order valence-corrected chi connectivity index (χ2v) is 11.8. The first kappa shape index (κ1) is 25.0. The summed E-state index contributed by atoms with van der Waals surface area (Å²) < 4.78 is 27.6. The highest BCUT2D eigenvalue weighted by Gasteiger charge is 2.21. The van der Waals surface area contributed by atoms with Crippen molar-refractivity contribution in [1.82, 2.24) is 19.4 Å². The van der Waals surface area contributed by atoms with E-state index in [1.807, 2.05) is 41.1 Å². The largest absolute Gasteiger partial charge is 0.366 e. The number of rotatable bonds is 7. The molecule has 2 aromatic carbocycles. The van der Waals surface area contributed by atoms with Gasteiger partial charge in [0.05, 0.1) is 18.5 Å². The second kappa shape index (κ2) is 10.0. The van der Waals surface area contributed by atoms with Crippen molar-refractivity contribution in [1.29, 1.82) is 0 Å². The molecular formula is C27H33N7O2S. The molecule has 9 nitrogen and oxygen atoms in total. The van der Waals surface area contributed by atoms with Crippen LogP contribution in [0.3, 0.4) is 0 Å². The van der Waals surface area contributed by atoms with Gasteiger partial charge in [-0.05, 0) is 55.9 Å². The number of fused-ring (bicyclic) bond motifs is 1. The average molecular weight is 520 g/mol. The molecule has 0 aliphatic carbocycles. The van der Waals surface area contributed by atoms with Crippen molar-refractivity contribution < 1.29 is 8.42 Å². The Hall–Kier alpha value is -3.63. The van der Waals surface area contributed by atoms with Gasteiger partial charge in [-0.1, -0.05) is 18.2 Å². The lowest BCUT2D eigenvalue weighted by Gasteiger charge is -2.39. The van der Waals surface area contributed by atoms with E-state index in [4.69, 9.17) is 4.98 Å². The third-order valence-corrected chi connectivity index (χ3v) is 8.15. The maximum Gasteiger partial charge on any atom is 0.232 e. The van der Waals surface area contributed by atoms with E-state index in [1.165, 1.54) is 16.2 Å². The molecule has 1 aliphatic rings. The summed E-state index contributed by atoms with van der Waals surface area (Å²) in [7, 11) is 0.365. The van der Waals surface area contributed by atoms with Gasteiger partial charge >= 0.3 is 0 Å². The number of para-hydroxylation sites is 1. The summed E-state index contributed by atoms with van der Waals surface area (Å²) in [5.74, 6) is 0.509. The molecule has 3 heterocycles. The fourth-order valence-corrected chi connectivity index (χ4v) is 5.40. The molecule has 1 atom stereocenters. The molecule has 0 radical (unpaired) electrons. The van der Waals surface area contributed by atoms with Crippen molar-refractivity contribution in [3.63, 3.8) is 0 Å². The molecule has 1 unspecified atom stereocenters. The van der Waals surface area contributed by atoms with Gasteiger partial charge in [0, 0.05) is 61.9 Å². The average Bonchev–Trinajstić information content (AvgIpc) is 3.26. The van der Waals surface area contributed by atoms with Gasteiger partial charge in [0.2, 0.25) is 16.0 Å². The Bertz CT molecular complexity index is 1500. The molecule has 2 aromatic heterocycles. The maximum atomic E-state index is 12.1. The van der Waals surface area contributed by atoms with E-state index < -0.39 is 10.0 Å². The van der Waals surface area contributed by atoms with Crippen molar-refractivity contribution in [2.75, 3.05) is 54.5 Å². The first-order valence-electron chi connectivity index (χ1n) is 12.3. The lowest BCUT2D eigenvalue weighted by molar-refractivity contribution is 0.275. The van der Waals surface area contributed by atoms with Crippen LogP contribution in [0.2, 0.25) is 0 Å². The molecule has 4 aromatic rings. The number of anilines is 4. The fourth-order valence-electron chi connectivity index (χ4n) is 4.86. The van der Waals surface area contributed by atoms with Crippen LogP contribution in [0.1, 0.15) is 12.5 Å². The number of benzene rings is 2. The minimum absolute atomic E-state index is 0.471. The zero-order chi connectivity index (χ0) is 26.2. The van der Waals surface area contributed by atoms with Crippen LogP contribution in [0, 0.1) is 0 Å². The summed E-state index contributed by atoms with van der Waals surface area (Å²) in [5, 5.41) is 4.24. The number of aromatic nitrogens is 3. The van der Waals surface area contributed by atoms with Crippen molar-refractivity contribution in [2.24, 2.45) is 0 Å². The number of piperazine rings is 1. The molecule has 1 N–H and O–H groups in total. The molecule has 0 bridgehead atoms. The highest BCUT2D eigenvalue weighted by molar-refractivity contribution is 7.92. The number of nitrogens with zero attached hydrogens (tertiary/aromatic N) is 6. The van der Waals surface area contributed by atoms with E-state index in [0.29, 0.717) is 24.2 Å². The normalized spacial score (nSPS) is 16.8. The van der Waals surface area contributed by atoms with Crippen molar-refractivity contribution in [3.8, 4) is 0 Å². The quantitative estimate of drug-likeness (QED) is 0.398. The van der Waals surface area contributed by atoms with Crippen molar-refractivity contribution in [3.05, 3.63) is 72.6 Å². The van der Waals surface area contributed by atoms with E-state index in [0.717, 1.165) is 41.9 Å². The van der Waals surface area contributed by atoms with Gasteiger partial charge < -0.3 is 19.7 Å².